The first-order chi connectivity index (χ1) is 7.59. The zero-order valence-electron chi connectivity index (χ0n) is 8.92. The van der Waals surface area contributed by atoms with Gasteiger partial charge >= 0.3 is 0 Å². The van der Waals surface area contributed by atoms with E-state index in [4.69, 9.17) is 5.73 Å². The molecule has 1 unspecified atom stereocenters. The zero-order valence-corrected chi connectivity index (χ0v) is 10.5. The highest BCUT2D eigenvalue weighted by Crippen LogP contribution is 2.22. The van der Waals surface area contributed by atoms with Gasteiger partial charge in [-0.05, 0) is 22.9 Å². The number of nitrogens with two attached hydrogens (primary N) is 1. The second-order valence-corrected chi connectivity index (χ2v) is 4.20. The first kappa shape index (κ1) is 11.2. The SMILES string of the molecule is Cc1cnc(C(N)c2c(Br)nnn2C)cn1. The van der Waals surface area contributed by atoms with Crippen LogP contribution in [-0.2, 0) is 7.05 Å². The van der Waals surface area contributed by atoms with Crippen molar-refractivity contribution in [1.29, 1.82) is 0 Å². The third kappa shape index (κ3) is 1.96. The molecule has 0 amide bonds. The Bertz CT molecular complexity index is 472. The van der Waals surface area contributed by atoms with Gasteiger partial charge in [0.15, 0.2) is 4.60 Å². The fraction of sp³-hybridized carbons (Fsp3) is 0.333. The van der Waals surface area contributed by atoms with Crippen LogP contribution in [0, 0.1) is 6.92 Å². The number of aromatic nitrogens is 5. The lowest BCUT2D eigenvalue weighted by Crippen LogP contribution is -2.18. The van der Waals surface area contributed by atoms with Gasteiger partial charge in [0.2, 0.25) is 0 Å². The van der Waals surface area contributed by atoms with E-state index in [1.807, 2.05) is 6.92 Å². The molecule has 0 bridgehead atoms. The van der Waals surface area contributed by atoms with Crippen LogP contribution in [0.15, 0.2) is 17.0 Å². The summed E-state index contributed by atoms with van der Waals surface area (Å²) in [6.07, 6.45) is 3.35. The molecule has 7 heteroatoms. The fourth-order valence-corrected chi connectivity index (χ4v) is 1.95. The minimum absolute atomic E-state index is 0.387. The van der Waals surface area contributed by atoms with Crippen molar-refractivity contribution in [2.75, 3.05) is 0 Å². The number of hydrogen-bond acceptors (Lipinski definition) is 5. The summed E-state index contributed by atoms with van der Waals surface area (Å²) in [5, 5.41) is 7.75. The van der Waals surface area contributed by atoms with E-state index in [0.717, 1.165) is 11.4 Å². The van der Waals surface area contributed by atoms with Crippen LogP contribution in [0.4, 0.5) is 0 Å². The van der Waals surface area contributed by atoms with E-state index < -0.39 is 0 Å². The molecule has 2 aromatic heterocycles. The molecule has 0 spiro atoms. The van der Waals surface area contributed by atoms with Crippen LogP contribution in [0.5, 0.6) is 0 Å². The quantitative estimate of drug-likeness (QED) is 0.878. The third-order valence-corrected chi connectivity index (χ3v) is 2.81. The van der Waals surface area contributed by atoms with E-state index in [-0.39, 0.29) is 6.04 Å². The maximum Gasteiger partial charge on any atom is 0.153 e. The minimum atomic E-state index is -0.387. The number of rotatable bonds is 2. The standard InChI is InChI=1S/C9H11BrN6/c1-5-3-13-6(4-12-5)7(11)8-9(10)14-15-16(8)2/h3-4,7H,11H2,1-2H3. The van der Waals surface area contributed by atoms with E-state index in [2.05, 4.69) is 36.2 Å². The second kappa shape index (κ2) is 4.26. The molecule has 0 fully saturated rings. The van der Waals surface area contributed by atoms with Gasteiger partial charge in [0, 0.05) is 13.2 Å². The van der Waals surface area contributed by atoms with Crippen LogP contribution in [0.25, 0.3) is 0 Å². The molecule has 0 saturated carbocycles. The summed E-state index contributed by atoms with van der Waals surface area (Å²) in [5.74, 6) is 0. The molecule has 16 heavy (non-hydrogen) atoms. The molecule has 6 nitrogen and oxygen atoms in total. The van der Waals surface area contributed by atoms with Gasteiger partial charge in [0.1, 0.15) is 0 Å². The average molecular weight is 283 g/mol. The van der Waals surface area contributed by atoms with Crippen molar-refractivity contribution in [2.45, 2.75) is 13.0 Å². The maximum atomic E-state index is 6.08. The zero-order chi connectivity index (χ0) is 11.7. The van der Waals surface area contributed by atoms with Gasteiger partial charge in [-0.1, -0.05) is 5.21 Å². The molecular formula is C9H11BrN6. The largest absolute Gasteiger partial charge is 0.318 e. The number of halogens is 1. The number of nitrogens with zero attached hydrogens (tertiary/aromatic N) is 5. The predicted octanol–water partition coefficient (Wildman–Crippen LogP) is 0.724. The van der Waals surface area contributed by atoms with Crippen molar-refractivity contribution in [3.05, 3.63) is 34.1 Å². The molecule has 0 aliphatic rings. The molecule has 2 rings (SSSR count). The van der Waals surface area contributed by atoms with Crippen LogP contribution in [0.3, 0.4) is 0 Å². The molecule has 2 aromatic rings. The van der Waals surface area contributed by atoms with E-state index >= 15 is 0 Å². The van der Waals surface area contributed by atoms with Crippen LogP contribution in [0.2, 0.25) is 0 Å². The first-order valence-corrected chi connectivity index (χ1v) is 5.48. The van der Waals surface area contributed by atoms with E-state index in [0.29, 0.717) is 10.3 Å². The Kier molecular flexibility index (Phi) is 2.97. The van der Waals surface area contributed by atoms with E-state index in [1.54, 1.807) is 24.1 Å². The van der Waals surface area contributed by atoms with Crippen molar-refractivity contribution < 1.29 is 0 Å². The highest BCUT2D eigenvalue weighted by Gasteiger charge is 2.19. The monoisotopic (exact) mass is 282 g/mol. The van der Waals surface area contributed by atoms with E-state index in [1.165, 1.54) is 0 Å². The lowest BCUT2D eigenvalue weighted by molar-refractivity contribution is 0.642. The minimum Gasteiger partial charge on any atom is -0.318 e. The molecule has 0 aliphatic heterocycles. The van der Waals surface area contributed by atoms with Crippen LogP contribution in [-0.4, -0.2) is 25.0 Å². The summed E-state index contributed by atoms with van der Waals surface area (Å²) in [5.41, 5.74) is 8.41. The van der Waals surface area contributed by atoms with Crippen LogP contribution >= 0.6 is 15.9 Å². The van der Waals surface area contributed by atoms with Gasteiger partial charge in [0.25, 0.3) is 0 Å². The Hall–Kier alpha value is -1.34. The van der Waals surface area contributed by atoms with E-state index in [9.17, 15) is 0 Å². The molecule has 84 valence electrons. The lowest BCUT2D eigenvalue weighted by Gasteiger charge is -2.10. The highest BCUT2D eigenvalue weighted by atomic mass is 79.9. The van der Waals surface area contributed by atoms with Crippen molar-refractivity contribution in [3.63, 3.8) is 0 Å². The number of hydrogen-bond donors (Lipinski definition) is 1. The summed E-state index contributed by atoms with van der Waals surface area (Å²) in [7, 11) is 1.79. The Morgan fingerprint density at radius 1 is 1.38 bits per heavy atom. The Balaban J connectivity index is 2.39. The predicted molar refractivity (Wildman–Crippen MR) is 61.5 cm³/mol. The molecule has 0 saturated heterocycles. The Morgan fingerprint density at radius 2 is 2.12 bits per heavy atom. The normalized spacial score (nSPS) is 12.8. The second-order valence-electron chi connectivity index (χ2n) is 3.45. The number of aryl methyl sites for hydroxylation is 2. The molecule has 1 atom stereocenters. The lowest BCUT2D eigenvalue weighted by atomic mass is 10.2. The van der Waals surface area contributed by atoms with Crippen molar-refractivity contribution in [1.82, 2.24) is 25.0 Å². The van der Waals surface area contributed by atoms with Crippen LogP contribution < -0.4 is 5.73 Å². The molecule has 0 radical (unpaired) electrons. The van der Waals surface area contributed by atoms with Gasteiger partial charge in [0.05, 0.1) is 29.3 Å². The van der Waals surface area contributed by atoms with Crippen molar-refractivity contribution in [3.8, 4) is 0 Å². The molecule has 0 aliphatic carbocycles. The van der Waals surface area contributed by atoms with Gasteiger partial charge in [-0.15, -0.1) is 5.10 Å². The topological polar surface area (TPSA) is 82.5 Å². The van der Waals surface area contributed by atoms with Gasteiger partial charge < -0.3 is 5.73 Å². The molecular weight excluding hydrogens is 272 g/mol. The summed E-state index contributed by atoms with van der Waals surface area (Å²) in [4.78, 5) is 8.40. The van der Waals surface area contributed by atoms with Crippen molar-refractivity contribution >= 4 is 15.9 Å². The summed E-state index contributed by atoms with van der Waals surface area (Å²) in [6.45, 7) is 1.88. The molecule has 2 N–H and O–H groups in total. The smallest absolute Gasteiger partial charge is 0.153 e. The van der Waals surface area contributed by atoms with Gasteiger partial charge in [-0.2, -0.15) is 0 Å². The van der Waals surface area contributed by atoms with Gasteiger partial charge in [-0.25, -0.2) is 4.68 Å². The average Bonchev–Trinajstić information content (AvgIpc) is 2.59. The molecule has 0 aromatic carbocycles. The first-order valence-electron chi connectivity index (χ1n) is 4.69. The van der Waals surface area contributed by atoms with Gasteiger partial charge in [-0.3, -0.25) is 9.97 Å². The third-order valence-electron chi connectivity index (χ3n) is 2.24. The summed E-state index contributed by atoms with van der Waals surface area (Å²) >= 11 is 3.31. The molecule has 2 heterocycles. The Morgan fingerprint density at radius 3 is 2.62 bits per heavy atom. The van der Waals surface area contributed by atoms with Crippen LogP contribution in [0.1, 0.15) is 23.1 Å². The Labute approximate surface area is 101 Å². The summed E-state index contributed by atoms with van der Waals surface area (Å²) in [6, 6.07) is -0.387. The van der Waals surface area contributed by atoms with Crippen molar-refractivity contribution in [2.24, 2.45) is 12.8 Å². The maximum absolute atomic E-state index is 6.08. The fourth-order valence-electron chi connectivity index (χ4n) is 1.37. The highest BCUT2D eigenvalue weighted by molar-refractivity contribution is 9.10. The summed E-state index contributed by atoms with van der Waals surface area (Å²) < 4.78 is 2.25.